The Hall–Kier alpha value is -1.99. The quantitative estimate of drug-likeness (QED) is 0.640. The molecular weight excluding hydrogens is 328 g/mol. The minimum atomic E-state index is -3.71. The van der Waals surface area contributed by atoms with Crippen LogP contribution in [-0.4, -0.2) is 31.7 Å². The smallest absolute Gasteiger partial charge is 0.238 e. The van der Waals surface area contributed by atoms with Crippen molar-refractivity contribution in [1.82, 2.24) is 4.90 Å². The zero-order valence-corrected chi connectivity index (χ0v) is 13.8. The standard InChI is InChI=1S/C17H18N2O4S/c18-24(22,23)13-5-1-10(2-6-13)7-8-19-16(20)14-11-3-4-12(9-11)15(14)17(19)21/h1-6,11-12,14-15H,7-9H2,(H2,18,22,23)/t11-,12+,14-,15+. The minimum Gasteiger partial charge on any atom is -0.282 e. The number of imide groups is 1. The lowest BCUT2D eigenvalue weighted by molar-refractivity contribution is -0.140. The third-order valence-corrected chi connectivity index (χ3v) is 6.37. The lowest BCUT2D eigenvalue weighted by atomic mass is 9.85. The molecule has 4 rings (SSSR count). The molecule has 7 heteroatoms. The van der Waals surface area contributed by atoms with Crippen LogP contribution in [0.2, 0.25) is 0 Å². The molecular formula is C17H18N2O4S. The Morgan fingerprint density at radius 3 is 2.04 bits per heavy atom. The highest BCUT2D eigenvalue weighted by Gasteiger charge is 2.58. The first-order valence-corrected chi connectivity index (χ1v) is 9.56. The maximum Gasteiger partial charge on any atom is 0.238 e. The summed E-state index contributed by atoms with van der Waals surface area (Å²) in [6, 6.07) is 6.21. The van der Waals surface area contributed by atoms with Crippen molar-refractivity contribution in [1.29, 1.82) is 0 Å². The molecule has 0 spiro atoms. The molecule has 1 aromatic rings. The van der Waals surface area contributed by atoms with E-state index in [1.807, 2.05) is 0 Å². The largest absolute Gasteiger partial charge is 0.282 e. The van der Waals surface area contributed by atoms with Gasteiger partial charge in [-0.05, 0) is 42.4 Å². The first-order valence-electron chi connectivity index (χ1n) is 8.01. The van der Waals surface area contributed by atoms with Gasteiger partial charge >= 0.3 is 0 Å². The van der Waals surface area contributed by atoms with Gasteiger partial charge in [-0.1, -0.05) is 24.3 Å². The van der Waals surface area contributed by atoms with Crippen LogP contribution in [0.15, 0.2) is 41.3 Å². The summed E-state index contributed by atoms with van der Waals surface area (Å²) in [5.41, 5.74) is 0.862. The molecule has 1 saturated carbocycles. The summed E-state index contributed by atoms with van der Waals surface area (Å²) >= 11 is 0. The van der Waals surface area contributed by atoms with Crippen molar-refractivity contribution in [2.45, 2.75) is 17.7 Å². The number of allylic oxidation sites excluding steroid dienone is 2. The van der Waals surface area contributed by atoms with Gasteiger partial charge in [0.2, 0.25) is 21.8 Å². The topological polar surface area (TPSA) is 97.5 Å². The van der Waals surface area contributed by atoms with Crippen LogP contribution in [0.5, 0.6) is 0 Å². The molecule has 1 aliphatic heterocycles. The number of fused-ring (bicyclic) bond motifs is 5. The molecule has 2 bridgehead atoms. The number of hydrogen-bond acceptors (Lipinski definition) is 4. The van der Waals surface area contributed by atoms with Crippen molar-refractivity contribution in [3.8, 4) is 0 Å². The van der Waals surface area contributed by atoms with Crippen LogP contribution in [0.3, 0.4) is 0 Å². The van der Waals surface area contributed by atoms with E-state index in [1.165, 1.54) is 17.0 Å². The Morgan fingerprint density at radius 1 is 1.00 bits per heavy atom. The van der Waals surface area contributed by atoms with Crippen molar-refractivity contribution >= 4 is 21.8 Å². The number of likely N-dealkylation sites (tertiary alicyclic amines) is 1. The average molecular weight is 346 g/mol. The van der Waals surface area contributed by atoms with E-state index >= 15 is 0 Å². The van der Waals surface area contributed by atoms with Crippen LogP contribution in [-0.2, 0) is 26.0 Å². The summed E-state index contributed by atoms with van der Waals surface area (Å²) in [7, 11) is -3.71. The molecule has 126 valence electrons. The van der Waals surface area contributed by atoms with Crippen LogP contribution in [0, 0.1) is 23.7 Å². The Morgan fingerprint density at radius 2 is 1.54 bits per heavy atom. The fraction of sp³-hybridized carbons (Fsp3) is 0.412. The van der Waals surface area contributed by atoms with E-state index in [0.29, 0.717) is 13.0 Å². The van der Waals surface area contributed by atoms with E-state index in [0.717, 1.165) is 12.0 Å². The molecule has 0 unspecified atom stereocenters. The summed E-state index contributed by atoms with van der Waals surface area (Å²) in [6.45, 7) is 0.332. The highest BCUT2D eigenvalue weighted by molar-refractivity contribution is 7.89. The number of amides is 2. The SMILES string of the molecule is NS(=O)(=O)c1ccc(CCN2C(=O)[C@@H]3[C@H](C2=O)[C@@H]2C=C[C@H]3C2)cc1. The zero-order valence-electron chi connectivity index (χ0n) is 13.0. The molecule has 3 aliphatic rings. The summed E-state index contributed by atoms with van der Waals surface area (Å²) in [4.78, 5) is 26.6. The predicted octanol–water partition coefficient (Wildman–Crippen LogP) is 0.684. The van der Waals surface area contributed by atoms with Gasteiger partial charge in [0, 0.05) is 6.54 Å². The van der Waals surface area contributed by atoms with Gasteiger partial charge in [-0.3, -0.25) is 14.5 Å². The van der Waals surface area contributed by atoms with Crippen molar-refractivity contribution in [2.75, 3.05) is 6.54 Å². The normalized spacial score (nSPS) is 31.1. The third-order valence-electron chi connectivity index (χ3n) is 5.44. The average Bonchev–Trinajstić information content (AvgIpc) is 3.20. The molecule has 24 heavy (non-hydrogen) atoms. The van der Waals surface area contributed by atoms with Gasteiger partial charge in [-0.25, -0.2) is 13.6 Å². The van der Waals surface area contributed by atoms with Crippen molar-refractivity contribution < 1.29 is 18.0 Å². The van der Waals surface area contributed by atoms with Crippen LogP contribution in [0.4, 0.5) is 0 Å². The molecule has 2 amide bonds. The highest BCUT2D eigenvalue weighted by atomic mass is 32.2. The van der Waals surface area contributed by atoms with Crippen LogP contribution < -0.4 is 5.14 Å². The van der Waals surface area contributed by atoms with E-state index in [2.05, 4.69) is 12.2 Å². The highest BCUT2D eigenvalue weighted by Crippen LogP contribution is 2.52. The molecule has 0 radical (unpaired) electrons. The van der Waals surface area contributed by atoms with Gasteiger partial charge in [0.1, 0.15) is 0 Å². The summed E-state index contributed by atoms with van der Waals surface area (Å²) in [5.74, 6) is -0.00785. The van der Waals surface area contributed by atoms with Gasteiger partial charge in [0.05, 0.1) is 16.7 Å². The molecule has 1 saturated heterocycles. The predicted molar refractivity (Wildman–Crippen MR) is 86.0 cm³/mol. The molecule has 0 aromatic heterocycles. The summed E-state index contributed by atoms with van der Waals surface area (Å²) in [6.07, 6.45) is 5.58. The van der Waals surface area contributed by atoms with Crippen molar-refractivity contribution in [2.24, 2.45) is 28.8 Å². The second kappa shape index (κ2) is 5.26. The maximum atomic E-state index is 12.6. The summed E-state index contributed by atoms with van der Waals surface area (Å²) in [5, 5.41) is 5.07. The first kappa shape index (κ1) is 15.5. The molecule has 2 N–H and O–H groups in total. The lowest BCUT2D eigenvalue weighted by Gasteiger charge is -2.17. The van der Waals surface area contributed by atoms with E-state index in [4.69, 9.17) is 5.14 Å². The number of carbonyl (C=O) groups is 2. The summed E-state index contributed by atoms with van der Waals surface area (Å²) < 4.78 is 22.5. The maximum absolute atomic E-state index is 12.6. The number of sulfonamides is 1. The van der Waals surface area contributed by atoms with Gasteiger partial charge in [-0.2, -0.15) is 0 Å². The Kier molecular flexibility index (Phi) is 3.40. The van der Waals surface area contributed by atoms with E-state index in [1.54, 1.807) is 12.1 Å². The number of carbonyl (C=O) groups excluding carboxylic acids is 2. The minimum absolute atomic E-state index is 0.0526. The van der Waals surface area contributed by atoms with Gasteiger partial charge in [0.15, 0.2) is 0 Å². The number of nitrogens with zero attached hydrogens (tertiary/aromatic N) is 1. The molecule has 1 heterocycles. The third kappa shape index (κ3) is 2.31. The number of rotatable bonds is 4. The second-order valence-corrected chi connectivity index (χ2v) is 8.33. The van der Waals surface area contributed by atoms with Crippen molar-refractivity contribution in [3.63, 3.8) is 0 Å². The zero-order chi connectivity index (χ0) is 17.1. The monoisotopic (exact) mass is 346 g/mol. The Bertz CT molecular complexity index is 814. The Balaban J connectivity index is 1.45. The van der Waals surface area contributed by atoms with Crippen LogP contribution >= 0.6 is 0 Å². The van der Waals surface area contributed by atoms with Gasteiger partial charge in [0.25, 0.3) is 0 Å². The van der Waals surface area contributed by atoms with Crippen LogP contribution in [0.1, 0.15) is 12.0 Å². The first-order chi connectivity index (χ1) is 11.4. The fourth-order valence-electron chi connectivity index (χ4n) is 4.27. The lowest BCUT2D eigenvalue weighted by Crippen LogP contribution is -2.34. The number of nitrogens with two attached hydrogens (primary N) is 1. The molecule has 2 fully saturated rings. The van der Waals surface area contributed by atoms with Gasteiger partial charge < -0.3 is 0 Å². The number of hydrogen-bond donors (Lipinski definition) is 1. The number of primary sulfonamides is 1. The van der Waals surface area contributed by atoms with E-state index in [-0.39, 0.29) is 40.4 Å². The van der Waals surface area contributed by atoms with E-state index < -0.39 is 10.0 Å². The molecule has 2 aliphatic carbocycles. The molecule has 1 aromatic carbocycles. The fourth-order valence-corrected chi connectivity index (χ4v) is 4.79. The number of benzene rings is 1. The van der Waals surface area contributed by atoms with Crippen LogP contribution in [0.25, 0.3) is 0 Å². The molecule has 6 nitrogen and oxygen atoms in total. The Labute approximate surface area is 140 Å². The van der Waals surface area contributed by atoms with Gasteiger partial charge in [-0.15, -0.1) is 0 Å². The van der Waals surface area contributed by atoms with Crippen molar-refractivity contribution in [3.05, 3.63) is 42.0 Å². The molecule has 4 atom stereocenters. The van der Waals surface area contributed by atoms with E-state index in [9.17, 15) is 18.0 Å². The second-order valence-electron chi connectivity index (χ2n) is 6.77.